The quantitative estimate of drug-likeness (QED) is 0.412. The molecule has 0 bridgehead atoms. The van der Waals surface area contributed by atoms with Crippen molar-refractivity contribution in [2.75, 3.05) is 6.61 Å². The van der Waals surface area contributed by atoms with Crippen molar-refractivity contribution in [1.82, 2.24) is 0 Å². The molecule has 0 amide bonds. The van der Waals surface area contributed by atoms with E-state index in [2.05, 4.69) is 11.3 Å². The van der Waals surface area contributed by atoms with Gasteiger partial charge in [-0.2, -0.15) is 48.3 Å². The fraction of sp³-hybridized carbons (Fsp3) is 0.667. The van der Waals surface area contributed by atoms with Crippen LogP contribution in [-0.4, -0.2) is 42.4 Å². The summed E-state index contributed by atoms with van der Waals surface area (Å²) in [7, 11) is 0. The van der Waals surface area contributed by atoms with Gasteiger partial charge in [0.25, 0.3) is 0 Å². The molecule has 0 N–H and O–H groups in total. The second kappa shape index (κ2) is 5.57. The first-order valence-corrected chi connectivity index (χ1v) is 4.83. The highest BCUT2D eigenvalue weighted by Crippen LogP contribution is 2.57. The Bertz CT molecular complexity index is 437. The molecule has 0 aromatic carbocycles. The van der Waals surface area contributed by atoms with E-state index in [0.29, 0.717) is 0 Å². The smallest absolute Gasteiger partial charge is 0.456 e. The van der Waals surface area contributed by atoms with E-state index in [0.717, 1.165) is 0 Å². The summed E-state index contributed by atoms with van der Waals surface area (Å²) in [6.45, 7) is -0.247. The second-order valence-corrected chi connectivity index (χ2v) is 3.74. The van der Waals surface area contributed by atoms with Crippen molar-refractivity contribution in [2.24, 2.45) is 0 Å². The summed E-state index contributed by atoms with van der Waals surface area (Å²) in [5.74, 6) is -30.2. The number of hydrogen-bond acceptors (Lipinski definition) is 2. The molecule has 0 fully saturated rings. The van der Waals surface area contributed by atoms with Gasteiger partial charge in [-0.3, -0.25) is 0 Å². The van der Waals surface area contributed by atoms with E-state index in [9.17, 15) is 53.1 Å². The van der Waals surface area contributed by atoms with Gasteiger partial charge < -0.3 is 4.74 Å². The molecule has 13 heteroatoms. The maximum Gasteiger partial charge on any atom is 0.460 e. The van der Waals surface area contributed by atoms with Crippen molar-refractivity contribution in [3.63, 3.8) is 0 Å². The van der Waals surface area contributed by atoms with Crippen LogP contribution in [0.4, 0.5) is 48.3 Å². The lowest BCUT2D eigenvalue weighted by molar-refractivity contribution is -0.423. The van der Waals surface area contributed by atoms with E-state index in [-0.39, 0.29) is 6.08 Å². The fourth-order valence-electron chi connectivity index (χ4n) is 0.916. The van der Waals surface area contributed by atoms with E-state index in [1.807, 2.05) is 0 Å². The molecule has 2 nitrogen and oxygen atoms in total. The van der Waals surface area contributed by atoms with Crippen molar-refractivity contribution in [3.8, 4) is 0 Å². The Hall–Kier alpha value is -1.56. The number of hydrogen-bond donors (Lipinski definition) is 0. The average molecular weight is 354 g/mol. The molecule has 0 aromatic rings. The Balaban J connectivity index is 5.68. The van der Waals surface area contributed by atoms with Gasteiger partial charge in [0.2, 0.25) is 0 Å². The zero-order chi connectivity index (χ0) is 18.2. The van der Waals surface area contributed by atoms with Crippen LogP contribution < -0.4 is 0 Å². The molecule has 0 radical (unpaired) electrons. The molecule has 130 valence electrons. The number of ether oxygens (including phenoxy) is 1. The molecule has 22 heavy (non-hydrogen) atoms. The number of carbonyl (C=O) groups excluding carboxylic acids is 1. The van der Waals surface area contributed by atoms with Crippen LogP contribution in [0.25, 0.3) is 0 Å². The van der Waals surface area contributed by atoms with Crippen LogP contribution in [0.15, 0.2) is 12.7 Å². The Morgan fingerprint density at radius 2 is 1.23 bits per heavy atom. The van der Waals surface area contributed by atoms with Crippen molar-refractivity contribution >= 4 is 5.97 Å². The monoisotopic (exact) mass is 354 g/mol. The van der Waals surface area contributed by atoms with Gasteiger partial charge >= 0.3 is 35.8 Å². The van der Waals surface area contributed by atoms with Gasteiger partial charge in [-0.05, 0) is 0 Å². The molecule has 0 spiro atoms. The minimum atomic E-state index is -7.51. The van der Waals surface area contributed by atoms with Crippen molar-refractivity contribution in [2.45, 2.75) is 29.9 Å². The number of carbonyl (C=O) groups is 1. The second-order valence-electron chi connectivity index (χ2n) is 3.74. The van der Waals surface area contributed by atoms with Crippen molar-refractivity contribution in [3.05, 3.63) is 12.7 Å². The summed E-state index contributed by atoms with van der Waals surface area (Å²) in [5, 5.41) is 0. The molecular formula is C9H5F11O2. The highest BCUT2D eigenvalue weighted by molar-refractivity contribution is 5.81. The van der Waals surface area contributed by atoms with Crippen LogP contribution in [0.5, 0.6) is 0 Å². The third-order valence-electron chi connectivity index (χ3n) is 2.17. The van der Waals surface area contributed by atoms with Crippen LogP contribution in [-0.2, 0) is 9.53 Å². The molecule has 0 saturated carbocycles. The third kappa shape index (κ3) is 3.11. The van der Waals surface area contributed by atoms with Gasteiger partial charge in [-0.15, -0.1) is 0 Å². The van der Waals surface area contributed by atoms with Crippen LogP contribution in [0.1, 0.15) is 0 Å². The third-order valence-corrected chi connectivity index (χ3v) is 2.17. The lowest BCUT2D eigenvalue weighted by atomic mass is 9.98. The van der Waals surface area contributed by atoms with E-state index in [1.165, 1.54) is 0 Å². The first-order chi connectivity index (χ1) is 9.45. The number of halogens is 11. The summed E-state index contributed by atoms with van der Waals surface area (Å²) in [6, 6.07) is 0. The van der Waals surface area contributed by atoms with Crippen molar-refractivity contribution < 1.29 is 57.8 Å². The maximum atomic E-state index is 12.9. The van der Waals surface area contributed by atoms with Gasteiger partial charge in [-0.25, -0.2) is 4.79 Å². The van der Waals surface area contributed by atoms with E-state index >= 15 is 0 Å². The minimum absolute atomic E-state index is 0.136. The molecule has 0 aromatic heterocycles. The number of rotatable bonds is 6. The molecule has 0 rings (SSSR count). The zero-order valence-corrected chi connectivity index (χ0v) is 9.97. The topological polar surface area (TPSA) is 26.3 Å². The molecule has 0 heterocycles. The normalized spacial score (nSPS) is 14.7. The fourth-order valence-corrected chi connectivity index (χ4v) is 0.916. The Morgan fingerprint density at radius 1 is 0.818 bits per heavy atom. The van der Waals surface area contributed by atoms with Gasteiger partial charge in [-0.1, -0.05) is 6.58 Å². The van der Waals surface area contributed by atoms with Crippen LogP contribution in [0.2, 0.25) is 0 Å². The van der Waals surface area contributed by atoms with Gasteiger partial charge in [0.1, 0.15) is 0 Å². The summed E-state index contributed by atoms with van der Waals surface area (Å²) >= 11 is 0. The molecule has 0 aliphatic rings. The van der Waals surface area contributed by atoms with Gasteiger partial charge in [0.05, 0.1) is 0 Å². The lowest BCUT2D eigenvalue weighted by Gasteiger charge is -2.36. The van der Waals surface area contributed by atoms with E-state index in [4.69, 9.17) is 0 Å². The highest BCUT2D eigenvalue weighted by Gasteiger charge is 2.87. The van der Waals surface area contributed by atoms with E-state index < -0.39 is 42.4 Å². The van der Waals surface area contributed by atoms with Crippen LogP contribution >= 0.6 is 0 Å². The molecule has 0 aliphatic carbocycles. The summed E-state index contributed by atoms with van der Waals surface area (Å²) < 4.78 is 140. The number of alkyl halides is 11. The SMILES string of the molecule is C=CC(=O)OCC(F)(F)C(F)(F)C(F)(F)C(F)(F)C(F)(F)F. The van der Waals surface area contributed by atoms with Gasteiger partial charge in [0.15, 0.2) is 6.61 Å². The predicted molar refractivity (Wildman–Crippen MR) is 47.0 cm³/mol. The number of esters is 1. The van der Waals surface area contributed by atoms with Crippen LogP contribution in [0, 0.1) is 0 Å². The molecule has 0 saturated heterocycles. The van der Waals surface area contributed by atoms with Crippen molar-refractivity contribution in [1.29, 1.82) is 0 Å². The standard InChI is InChI=1S/C9H5F11O2/c1-2-4(21)22-3-5(10,11)6(12,13)7(14,15)8(16,17)9(18,19)20/h2H,1,3H2. The molecule has 0 aliphatic heterocycles. The Morgan fingerprint density at radius 3 is 1.55 bits per heavy atom. The predicted octanol–water partition coefficient (Wildman–Crippen LogP) is 3.82. The lowest BCUT2D eigenvalue weighted by Crippen LogP contribution is -2.67. The van der Waals surface area contributed by atoms with Gasteiger partial charge in [0, 0.05) is 6.08 Å². The summed E-state index contributed by atoms with van der Waals surface area (Å²) in [5.41, 5.74) is 0. The Kier molecular flexibility index (Phi) is 5.18. The first kappa shape index (κ1) is 20.4. The largest absolute Gasteiger partial charge is 0.460 e. The molecular weight excluding hydrogens is 349 g/mol. The van der Waals surface area contributed by atoms with E-state index in [1.54, 1.807) is 0 Å². The molecule has 0 unspecified atom stereocenters. The first-order valence-electron chi connectivity index (χ1n) is 4.83. The molecule has 0 atom stereocenters. The average Bonchev–Trinajstić information content (AvgIpc) is 2.33. The highest BCUT2D eigenvalue weighted by atomic mass is 19.4. The summed E-state index contributed by atoms with van der Waals surface area (Å²) in [6.07, 6.45) is -7.09. The minimum Gasteiger partial charge on any atom is -0.456 e. The zero-order valence-electron chi connectivity index (χ0n) is 9.97. The van der Waals surface area contributed by atoms with Crippen LogP contribution in [0.3, 0.4) is 0 Å². The summed E-state index contributed by atoms with van der Waals surface area (Å²) in [4.78, 5) is 10.4. The maximum absolute atomic E-state index is 12.9. The Labute approximate surface area is 114 Å².